The van der Waals surface area contributed by atoms with Gasteiger partial charge in [0.15, 0.2) is 0 Å². The van der Waals surface area contributed by atoms with E-state index >= 15 is 0 Å². The molecule has 2 rings (SSSR count). The molecule has 0 spiro atoms. The highest BCUT2D eigenvalue weighted by Gasteiger charge is 2.24. The van der Waals surface area contributed by atoms with Crippen molar-refractivity contribution in [2.24, 2.45) is 0 Å². The first-order valence-corrected chi connectivity index (χ1v) is 5.43. The van der Waals surface area contributed by atoms with Gasteiger partial charge in [-0.3, -0.25) is 4.79 Å². The highest BCUT2D eigenvalue weighted by molar-refractivity contribution is 6.30. The van der Waals surface area contributed by atoms with E-state index < -0.39 is 0 Å². The average Bonchev–Trinajstić information content (AvgIpc) is 2.64. The number of ketones is 1. The second-order valence-electron chi connectivity index (χ2n) is 3.90. The third-order valence-electron chi connectivity index (χ3n) is 2.85. The molecule has 1 aliphatic carbocycles. The molecule has 0 saturated heterocycles. The molecule has 0 radical (unpaired) electrons. The molecule has 0 aliphatic heterocycles. The number of benzene rings is 1. The van der Waals surface area contributed by atoms with Gasteiger partial charge in [0.05, 0.1) is 7.11 Å². The fraction of sp³-hybridized carbons (Fsp3) is 0.417. The number of carbonyl (C=O) groups excluding carboxylic acids is 1. The van der Waals surface area contributed by atoms with E-state index in [1.807, 2.05) is 12.1 Å². The number of hydrogen-bond acceptors (Lipinski definition) is 2. The molecule has 1 aliphatic rings. The zero-order valence-corrected chi connectivity index (χ0v) is 9.38. The standard InChI is InChI=1S/C12H13ClO2/c1-15-12-6-9(4-10(13)7-12)8-2-3-11(14)5-8/h4,6-8H,2-3,5H2,1H3. The van der Waals surface area contributed by atoms with Crippen LogP contribution in [0, 0.1) is 0 Å². The van der Waals surface area contributed by atoms with E-state index in [1.54, 1.807) is 13.2 Å². The number of Topliss-reactive ketones (excluding diaryl/α,β-unsaturated/α-hetero) is 1. The maximum Gasteiger partial charge on any atom is 0.133 e. The van der Waals surface area contributed by atoms with Crippen molar-refractivity contribution >= 4 is 17.4 Å². The Balaban J connectivity index is 2.27. The van der Waals surface area contributed by atoms with Crippen LogP contribution in [0.4, 0.5) is 0 Å². The summed E-state index contributed by atoms with van der Waals surface area (Å²) in [5, 5.41) is 0.670. The van der Waals surface area contributed by atoms with Crippen LogP contribution >= 0.6 is 11.6 Å². The molecule has 80 valence electrons. The van der Waals surface area contributed by atoms with Crippen LogP contribution in [-0.2, 0) is 4.79 Å². The predicted molar refractivity (Wildman–Crippen MR) is 59.6 cm³/mol. The predicted octanol–water partition coefficient (Wildman–Crippen LogP) is 3.19. The normalized spacial score (nSPS) is 20.7. The molecular formula is C12H13ClO2. The summed E-state index contributed by atoms with van der Waals surface area (Å²) >= 11 is 5.98. The van der Waals surface area contributed by atoms with Crippen LogP contribution in [0.3, 0.4) is 0 Å². The Labute approximate surface area is 94.2 Å². The first-order valence-electron chi connectivity index (χ1n) is 5.05. The van der Waals surface area contributed by atoms with E-state index in [1.165, 1.54) is 0 Å². The summed E-state index contributed by atoms with van der Waals surface area (Å²) in [7, 11) is 1.62. The molecule has 0 bridgehead atoms. The van der Waals surface area contributed by atoms with Crippen molar-refractivity contribution in [3.8, 4) is 5.75 Å². The second-order valence-corrected chi connectivity index (χ2v) is 4.34. The average molecular weight is 225 g/mol. The maximum atomic E-state index is 11.2. The fourth-order valence-corrected chi connectivity index (χ4v) is 2.27. The third-order valence-corrected chi connectivity index (χ3v) is 3.06. The minimum absolute atomic E-state index is 0.324. The zero-order chi connectivity index (χ0) is 10.8. The maximum absolute atomic E-state index is 11.2. The third kappa shape index (κ3) is 2.32. The van der Waals surface area contributed by atoms with Crippen LogP contribution in [0.1, 0.15) is 30.7 Å². The quantitative estimate of drug-likeness (QED) is 0.771. The number of hydrogen-bond donors (Lipinski definition) is 0. The lowest BCUT2D eigenvalue weighted by molar-refractivity contribution is -0.117. The number of rotatable bonds is 2. The van der Waals surface area contributed by atoms with E-state index in [9.17, 15) is 4.79 Å². The van der Waals surface area contributed by atoms with Gasteiger partial charge in [-0.1, -0.05) is 11.6 Å². The van der Waals surface area contributed by atoms with Gasteiger partial charge < -0.3 is 4.74 Å². The van der Waals surface area contributed by atoms with E-state index in [-0.39, 0.29) is 0 Å². The summed E-state index contributed by atoms with van der Waals surface area (Å²) in [6.07, 6.45) is 2.27. The lowest BCUT2D eigenvalue weighted by Gasteiger charge is -2.10. The Bertz CT molecular complexity index is 387. The van der Waals surface area contributed by atoms with E-state index in [4.69, 9.17) is 16.3 Å². The van der Waals surface area contributed by atoms with E-state index in [0.29, 0.717) is 29.6 Å². The molecular weight excluding hydrogens is 212 g/mol. The molecule has 2 nitrogen and oxygen atoms in total. The first-order chi connectivity index (χ1) is 7.19. The van der Waals surface area contributed by atoms with Crippen LogP contribution in [0.25, 0.3) is 0 Å². The molecule has 3 heteroatoms. The SMILES string of the molecule is COc1cc(Cl)cc(C2CCC(=O)C2)c1. The molecule has 0 heterocycles. The van der Waals surface area contributed by atoms with Crippen molar-refractivity contribution < 1.29 is 9.53 Å². The molecule has 0 N–H and O–H groups in total. The molecule has 15 heavy (non-hydrogen) atoms. The Morgan fingerprint density at radius 1 is 1.40 bits per heavy atom. The van der Waals surface area contributed by atoms with Gasteiger partial charge in [0.1, 0.15) is 11.5 Å². The first kappa shape index (κ1) is 10.5. The molecule has 1 aromatic rings. The van der Waals surface area contributed by atoms with Crippen molar-refractivity contribution in [2.75, 3.05) is 7.11 Å². The van der Waals surface area contributed by atoms with Gasteiger partial charge in [-0.05, 0) is 36.1 Å². The van der Waals surface area contributed by atoms with Gasteiger partial charge in [0.25, 0.3) is 0 Å². The smallest absolute Gasteiger partial charge is 0.133 e. The highest BCUT2D eigenvalue weighted by atomic mass is 35.5. The molecule has 0 aromatic heterocycles. The summed E-state index contributed by atoms with van der Waals surface area (Å²) in [5.74, 6) is 1.43. The Morgan fingerprint density at radius 2 is 2.20 bits per heavy atom. The van der Waals surface area contributed by atoms with Crippen LogP contribution in [0.15, 0.2) is 18.2 Å². The van der Waals surface area contributed by atoms with Crippen molar-refractivity contribution in [3.63, 3.8) is 0 Å². The summed E-state index contributed by atoms with van der Waals surface area (Å²) in [5.41, 5.74) is 1.12. The Morgan fingerprint density at radius 3 is 2.80 bits per heavy atom. The van der Waals surface area contributed by atoms with Crippen molar-refractivity contribution in [2.45, 2.75) is 25.2 Å². The number of carbonyl (C=O) groups is 1. The van der Waals surface area contributed by atoms with Crippen LogP contribution < -0.4 is 4.74 Å². The van der Waals surface area contributed by atoms with Gasteiger partial charge in [0.2, 0.25) is 0 Å². The van der Waals surface area contributed by atoms with Gasteiger partial charge in [-0.25, -0.2) is 0 Å². The zero-order valence-electron chi connectivity index (χ0n) is 8.63. The number of halogens is 1. The summed E-state index contributed by atoms with van der Waals surface area (Å²) in [6.45, 7) is 0. The van der Waals surface area contributed by atoms with Crippen LogP contribution in [0.5, 0.6) is 5.75 Å². The summed E-state index contributed by atoms with van der Waals surface area (Å²) in [4.78, 5) is 11.2. The van der Waals surface area contributed by atoms with Crippen molar-refractivity contribution in [1.82, 2.24) is 0 Å². The van der Waals surface area contributed by atoms with Gasteiger partial charge >= 0.3 is 0 Å². The van der Waals surface area contributed by atoms with Crippen molar-refractivity contribution in [3.05, 3.63) is 28.8 Å². The second kappa shape index (κ2) is 4.23. The molecule has 1 aromatic carbocycles. The van der Waals surface area contributed by atoms with Crippen LogP contribution in [-0.4, -0.2) is 12.9 Å². The molecule has 1 atom stereocenters. The molecule has 1 saturated carbocycles. The summed E-state index contributed by atoms with van der Waals surface area (Å²) in [6, 6.07) is 5.67. The topological polar surface area (TPSA) is 26.3 Å². The largest absolute Gasteiger partial charge is 0.497 e. The minimum Gasteiger partial charge on any atom is -0.497 e. The molecule has 1 unspecified atom stereocenters. The summed E-state index contributed by atoms with van der Waals surface area (Å²) < 4.78 is 5.15. The van der Waals surface area contributed by atoms with Gasteiger partial charge in [-0.2, -0.15) is 0 Å². The van der Waals surface area contributed by atoms with E-state index in [2.05, 4.69) is 0 Å². The number of methoxy groups -OCH3 is 1. The van der Waals surface area contributed by atoms with Crippen LogP contribution in [0.2, 0.25) is 5.02 Å². The Hall–Kier alpha value is -1.02. The fourth-order valence-electron chi connectivity index (χ4n) is 2.04. The van der Waals surface area contributed by atoms with Crippen molar-refractivity contribution in [1.29, 1.82) is 0 Å². The monoisotopic (exact) mass is 224 g/mol. The minimum atomic E-state index is 0.324. The Kier molecular flexibility index (Phi) is 2.96. The molecule has 0 amide bonds. The highest BCUT2D eigenvalue weighted by Crippen LogP contribution is 2.35. The van der Waals surface area contributed by atoms with Gasteiger partial charge in [0, 0.05) is 17.9 Å². The van der Waals surface area contributed by atoms with E-state index in [0.717, 1.165) is 17.7 Å². The lowest BCUT2D eigenvalue weighted by Crippen LogP contribution is -1.95. The lowest BCUT2D eigenvalue weighted by atomic mass is 9.97. The number of ether oxygens (including phenoxy) is 1. The molecule has 1 fully saturated rings. The van der Waals surface area contributed by atoms with Gasteiger partial charge in [-0.15, -0.1) is 0 Å².